The van der Waals surface area contributed by atoms with Crippen molar-refractivity contribution >= 4 is 5.95 Å². The highest BCUT2D eigenvalue weighted by atomic mass is 16.3. The van der Waals surface area contributed by atoms with E-state index in [0.29, 0.717) is 5.95 Å². The largest absolute Gasteiger partial charge is 0.392 e. The molecule has 0 aromatic carbocycles. The molecule has 4 nitrogen and oxygen atoms in total. The Hall–Kier alpha value is -1.16. The van der Waals surface area contributed by atoms with Crippen LogP contribution in [0.4, 0.5) is 5.95 Å². The first-order chi connectivity index (χ1) is 7.88. The summed E-state index contributed by atoms with van der Waals surface area (Å²) >= 11 is 0. The van der Waals surface area contributed by atoms with Gasteiger partial charge in [0, 0.05) is 24.5 Å². The van der Waals surface area contributed by atoms with Crippen molar-refractivity contribution in [2.75, 3.05) is 11.9 Å². The Bertz CT molecular complexity index is 307. The molecule has 0 spiro atoms. The maximum atomic E-state index is 8.86. The molecule has 88 valence electrons. The van der Waals surface area contributed by atoms with E-state index in [1.165, 1.54) is 32.1 Å². The van der Waals surface area contributed by atoms with Crippen LogP contribution in [0.15, 0.2) is 12.4 Å². The van der Waals surface area contributed by atoms with Gasteiger partial charge in [0.15, 0.2) is 0 Å². The Labute approximate surface area is 96.1 Å². The van der Waals surface area contributed by atoms with Crippen LogP contribution in [0.2, 0.25) is 0 Å². The van der Waals surface area contributed by atoms with Gasteiger partial charge in [-0.25, -0.2) is 9.97 Å². The minimum Gasteiger partial charge on any atom is -0.392 e. The number of anilines is 1. The van der Waals surface area contributed by atoms with Crippen LogP contribution < -0.4 is 5.32 Å². The van der Waals surface area contributed by atoms with Crippen molar-refractivity contribution < 1.29 is 5.11 Å². The zero-order valence-electron chi connectivity index (χ0n) is 9.52. The third-order valence-corrected chi connectivity index (χ3v) is 3.16. The van der Waals surface area contributed by atoms with Crippen LogP contribution in [0.1, 0.15) is 37.7 Å². The second kappa shape index (κ2) is 5.80. The zero-order chi connectivity index (χ0) is 11.2. The number of aromatic nitrogens is 2. The maximum absolute atomic E-state index is 8.86. The van der Waals surface area contributed by atoms with Crippen molar-refractivity contribution in [3.63, 3.8) is 0 Å². The highest BCUT2D eigenvalue weighted by Gasteiger charge is 2.13. The van der Waals surface area contributed by atoms with E-state index in [1.54, 1.807) is 12.4 Å². The van der Waals surface area contributed by atoms with Crippen molar-refractivity contribution in [2.24, 2.45) is 5.92 Å². The number of aliphatic hydroxyl groups is 1. The molecule has 1 saturated carbocycles. The Morgan fingerprint density at radius 1 is 1.19 bits per heavy atom. The van der Waals surface area contributed by atoms with Gasteiger partial charge in [0.05, 0.1) is 6.61 Å². The molecule has 16 heavy (non-hydrogen) atoms. The second-order valence-corrected chi connectivity index (χ2v) is 4.46. The van der Waals surface area contributed by atoms with Crippen molar-refractivity contribution in [2.45, 2.75) is 38.7 Å². The van der Waals surface area contributed by atoms with Crippen molar-refractivity contribution in [1.29, 1.82) is 0 Å². The van der Waals surface area contributed by atoms with Gasteiger partial charge < -0.3 is 10.4 Å². The van der Waals surface area contributed by atoms with Gasteiger partial charge in [0.25, 0.3) is 0 Å². The molecule has 0 radical (unpaired) electrons. The molecule has 1 aliphatic carbocycles. The zero-order valence-corrected chi connectivity index (χ0v) is 9.52. The van der Waals surface area contributed by atoms with Gasteiger partial charge in [0.2, 0.25) is 5.95 Å². The highest BCUT2D eigenvalue weighted by Crippen LogP contribution is 2.23. The number of hydrogen-bond donors (Lipinski definition) is 2. The number of rotatable bonds is 4. The molecule has 0 unspecified atom stereocenters. The third kappa shape index (κ3) is 3.17. The summed E-state index contributed by atoms with van der Waals surface area (Å²) in [7, 11) is 0. The van der Waals surface area contributed by atoms with Crippen LogP contribution in [0.5, 0.6) is 0 Å². The van der Waals surface area contributed by atoms with Crippen LogP contribution in [-0.2, 0) is 6.61 Å². The molecule has 2 N–H and O–H groups in total. The van der Waals surface area contributed by atoms with Crippen molar-refractivity contribution in [3.8, 4) is 0 Å². The molecule has 1 fully saturated rings. The lowest BCUT2D eigenvalue weighted by Gasteiger charge is -2.21. The Morgan fingerprint density at radius 3 is 2.50 bits per heavy atom. The molecular weight excluding hydrogens is 202 g/mol. The molecule has 1 aromatic heterocycles. The van der Waals surface area contributed by atoms with Crippen LogP contribution in [-0.4, -0.2) is 21.6 Å². The van der Waals surface area contributed by atoms with Crippen LogP contribution >= 0.6 is 0 Å². The summed E-state index contributed by atoms with van der Waals surface area (Å²) in [6.45, 7) is 0.974. The molecule has 0 atom stereocenters. The third-order valence-electron chi connectivity index (χ3n) is 3.16. The molecule has 4 heteroatoms. The predicted molar refractivity (Wildman–Crippen MR) is 63.0 cm³/mol. The first-order valence-corrected chi connectivity index (χ1v) is 6.04. The second-order valence-electron chi connectivity index (χ2n) is 4.46. The van der Waals surface area contributed by atoms with E-state index in [0.717, 1.165) is 18.0 Å². The van der Waals surface area contributed by atoms with Crippen molar-refractivity contribution in [1.82, 2.24) is 9.97 Å². The molecular formula is C12H19N3O. The molecule has 1 aromatic rings. The fraction of sp³-hybridized carbons (Fsp3) is 0.667. The van der Waals surface area contributed by atoms with E-state index in [4.69, 9.17) is 5.11 Å². The first-order valence-electron chi connectivity index (χ1n) is 6.04. The Balaban J connectivity index is 1.79. The number of hydrogen-bond acceptors (Lipinski definition) is 4. The highest BCUT2D eigenvalue weighted by molar-refractivity contribution is 5.24. The summed E-state index contributed by atoms with van der Waals surface area (Å²) in [5.41, 5.74) is 0.753. The Morgan fingerprint density at radius 2 is 1.88 bits per heavy atom. The van der Waals surface area contributed by atoms with Gasteiger partial charge in [0.1, 0.15) is 0 Å². The number of nitrogens with one attached hydrogen (secondary N) is 1. The lowest BCUT2D eigenvalue weighted by molar-refractivity contribution is 0.281. The van der Waals surface area contributed by atoms with Gasteiger partial charge in [-0.3, -0.25) is 0 Å². The van der Waals surface area contributed by atoms with E-state index in [-0.39, 0.29) is 6.61 Å². The topological polar surface area (TPSA) is 58.0 Å². The summed E-state index contributed by atoms with van der Waals surface area (Å²) in [6, 6.07) is 0. The van der Waals surface area contributed by atoms with Gasteiger partial charge in [-0.15, -0.1) is 0 Å². The molecule has 0 amide bonds. The summed E-state index contributed by atoms with van der Waals surface area (Å²) < 4.78 is 0. The lowest BCUT2D eigenvalue weighted by atomic mass is 9.89. The summed E-state index contributed by atoms with van der Waals surface area (Å²) in [5, 5.41) is 12.1. The fourth-order valence-corrected chi connectivity index (χ4v) is 2.15. The molecule has 2 rings (SSSR count). The van der Waals surface area contributed by atoms with Gasteiger partial charge >= 0.3 is 0 Å². The van der Waals surface area contributed by atoms with E-state index in [1.807, 2.05) is 0 Å². The Kier molecular flexibility index (Phi) is 4.10. The van der Waals surface area contributed by atoms with E-state index in [2.05, 4.69) is 15.3 Å². The van der Waals surface area contributed by atoms with Crippen LogP contribution in [0.25, 0.3) is 0 Å². The minimum absolute atomic E-state index is 0.00288. The lowest BCUT2D eigenvalue weighted by Crippen LogP contribution is -2.18. The molecule has 0 aliphatic heterocycles. The minimum atomic E-state index is 0.00288. The summed E-state index contributed by atoms with van der Waals surface area (Å²) in [4.78, 5) is 8.30. The SMILES string of the molecule is OCc1cnc(NCC2CCCCC2)nc1. The molecule has 0 saturated heterocycles. The standard InChI is InChI=1S/C12H19N3O/c16-9-11-7-14-12(15-8-11)13-6-10-4-2-1-3-5-10/h7-8,10,16H,1-6,9H2,(H,13,14,15). The van der Waals surface area contributed by atoms with Crippen LogP contribution in [0.3, 0.4) is 0 Å². The van der Waals surface area contributed by atoms with Gasteiger partial charge in [-0.1, -0.05) is 19.3 Å². The molecule has 0 bridgehead atoms. The number of aliphatic hydroxyl groups excluding tert-OH is 1. The maximum Gasteiger partial charge on any atom is 0.222 e. The molecule has 1 heterocycles. The fourth-order valence-electron chi connectivity index (χ4n) is 2.15. The van der Waals surface area contributed by atoms with Gasteiger partial charge in [-0.05, 0) is 18.8 Å². The average molecular weight is 221 g/mol. The summed E-state index contributed by atoms with van der Waals surface area (Å²) in [6.07, 6.45) is 10.1. The van der Waals surface area contributed by atoms with E-state index >= 15 is 0 Å². The van der Waals surface area contributed by atoms with Gasteiger partial charge in [-0.2, -0.15) is 0 Å². The molecule has 1 aliphatic rings. The van der Waals surface area contributed by atoms with Crippen molar-refractivity contribution in [3.05, 3.63) is 18.0 Å². The monoisotopic (exact) mass is 221 g/mol. The number of nitrogens with zero attached hydrogens (tertiary/aromatic N) is 2. The van der Waals surface area contributed by atoms with E-state index in [9.17, 15) is 0 Å². The quantitative estimate of drug-likeness (QED) is 0.816. The first kappa shape index (κ1) is 11.3. The normalized spacial score (nSPS) is 17.3. The van der Waals surface area contributed by atoms with Crippen LogP contribution in [0, 0.1) is 5.92 Å². The summed E-state index contributed by atoms with van der Waals surface area (Å²) in [5.74, 6) is 1.44. The smallest absolute Gasteiger partial charge is 0.222 e. The van der Waals surface area contributed by atoms with E-state index < -0.39 is 0 Å². The average Bonchev–Trinajstić information content (AvgIpc) is 2.38. The predicted octanol–water partition coefficient (Wildman–Crippen LogP) is 1.96.